The first-order valence-corrected chi connectivity index (χ1v) is 14.3. The Balaban J connectivity index is 1.60. The van der Waals surface area contributed by atoms with Crippen LogP contribution in [0.25, 0.3) is 0 Å². The zero-order chi connectivity index (χ0) is 28.1. The van der Waals surface area contributed by atoms with Gasteiger partial charge in [-0.15, -0.1) is 0 Å². The fourth-order valence-electron chi connectivity index (χ4n) is 5.08. The van der Waals surface area contributed by atoms with Crippen LogP contribution in [0.15, 0.2) is 84.9 Å². The van der Waals surface area contributed by atoms with Gasteiger partial charge in [-0.1, -0.05) is 115 Å². The van der Waals surface area contributed by atoms with E-state index in [0.29, 0.717) is 19.1 Å². The van der Waals surface area contributed by atoms with E-state index in [9.17, 15) is 0 Å². The fourth-order valence-corrected chi connectivity index (χ4v) is 5.08. The molecule has 0 aromatic heterocycles. The molecule has 0 N–H and O–H groups in total. The fraction of sp³-hybridized carbons (Fsp3) is 0.471. The van der Waals surface area contributed by atoms with Crippen molar-refractivity contribution in [2.75, 3.05) is 34.0 Å². The second-order valence-electron chi connectivity index (χ2n) is 11.1. The maximum atomic E-state index is 6.46. The van der Waals surface area contributed by atoms with Crippen molar-refractivity contribution in [2.45, 2.75) is 64.8 Å². The summed E-state index contributed by atoms with van der Waals surface area (Å²) >= 11 is 0. The van der Waals surface area contributed by atoms with Crippen LogP contribution in [-0.4, -0.2) is 58.6 Å². The molecule has 0 radical (unpaired) electrons. The summed E-state index contributed by atoms with van der Waals surface area (Å²) in [5.74, 6) is 0.431. The summed E-state index contributed by atoms with van der Waals surface area (Å²) in [7, 11) is 3.48. The van der Waals surface area contributed by atoms with Crippen molar-refractivity contribution in [3.63, 3.8) is 0 Å². The van der Waals surface area contributed by atoms with Gasteiger partial charge in [-0.2, -0.15) is 0 Å². The van der Waals surface area contributed by atoms with Crippen LogP contribution in [0.3, 0.4) is 0 Å². The van der Waals surface area contributed by atoms with Crippen LogP contribution in [0.1, 0.15) is 46.1 Å². The van der Waals surface area contributed by atoms with Crippen molar-refractivity contribution >= 4 is 23.1 Å². The molecular weight excluding hydrogens is 483 g/mol. The SMILES string of the molecule is CCC(C)(Cc1ccc(B(c2ccccc2)c2ccccc2)cc1)OCC(C)OCC(CC(C)COC)OC. The number of hydrogen-bond donors (Lipinski definition) is 0. The average Bonchev–Trinajstić information content (AvgIpc) is 2.96. The number of methoxy groups -OCH3 is 2. The molecule has 0 heterocycles. The Morgan fingerprint density at radius 3 is 1.82 bits per heavy atom. The summed E-state index contributed by atoms with van der Waals surface area (Å²) in [6, 6.07) is 30.5. The summed E-state index contributed by atoms with van der Waals surface area (Å²) in [4.78, 5) is 0. The largest absolute Gasteiger partial charge is 0.384 e. The van der Waals surface area contributed by atoms with Crippen molar-refractivity contribution in [3.8, 4) is 0 Å². The number of benzene rings is 3. The first-order valence-electron chi connectivity index (χ1n) is 14.3. The molecule has 0 amide bonds. The van der Waals surface area contributed by atoms with Gasteiger partial charge in [-0.05, 0) is 38.2 Å². The van der Waals surface area contributed by atoms with Crippen molar-refractivity contribution in [2.24, 2.45) is 5.92 Å². The predicted octanol–water partition coefficient (Wildman–Crippen LogP) is 5.02. The molecule has 5 heteroatoms. The topological polar surface area (TPSA) is 36.9 Å². The molecular formula is C34H47BO4. The van der Waals surface area contributed by atoms with Crippen LogP contribution in [0.4, 0.5) is 0 Å². The van der Waals surface area contributed by atoms with Gasteiger partial charge in [-0.3, -0.25) is 0 Å². The molecule has 3 aromatic carbocycles. The second-order valence-corrected chi connectivity index (χ2v) is 11.1. The molecule has 39 heavy (non-hydrogen) atoms. The first kappa shape index (κ1) is 31.1. The van der Waals surface area contributed by atoms with Crippen LogP contribution in [0.5, 0.6) is 0 Å². The minimum Gasteiger partial charge on any atom is -0.384 e. The minimum absolute atomic E-state index is 0.00821. The van der Waals surface area contributed by atoms with Gasteiger partial charge in [-0.25, -0.2) is 0 Å². The van der Waals surface area contributed by atoms with Crippen molar-refractivity contribution in [1.82, 2.24) is 0 Å². The van der Waals surface area contributed by atoms with Gasteiger partial charge in [0.1, 0.15) is 0 Å². The lowest BCUT2D eigenvalue weighted by Gasteiger charge is -2.31. The third-order valence-corrected chi connectivity index (χ3v) is 7.59. The highest BCUT2D eigenvalue weighted by Gasteiger charge is 2.26. The number of ether oxygens (including phenoxy) is 4. The van der Waals surface area contributed by atoms with Crippen LogP contribution in [0.2, 0.25) is 0 Å². The van der Waals surface area contributed by atoms with Gasteiger partial charge in [0.2, 0.25) is 6.71 Å². The molecule has 4 unspecified atom stereocenters. The maximum Gasteiger partial charge on any atom is 0.241 e. The second kappa shape index (κ2) is 16.0. The lowest BCUT2D eigenvalue weighted by molar-refractivity contribution is -0.101. The summed E-state index contributed by atoms with van der Waals surface area (Å²) in [5.41, 5.74) is 4.92. The number of rotatable bonds is 17. The van der Waals surface area contributed by atoms with Crippen LogP contribution >= 0.6 is 0 Å². The Labute approximate surface area is 237 Å². The normalized spacial score (nSPS) is 15.3. The molecule has 3 aromatic rings. The molecule has 0 aliphatic carbocycles. The zero-order valence-electron chi connectivity index (χ0n) is 24.8. The van der Waals surface area contributed by atoms with E-state index in [2.05, 4.69) is 113 Å². The number of hydrogen-bond acceptors (Lipinski definition) is 4. The van der Waals surface area contributed by atoms with E-state index in [-0.39, 0.29) is 24.5 Å². The third kappa shape index (κ3) is 9.92. The van der Waals surface area contributed by atoms with Gasteiger partial charge in [0, 0.05) is 27.2 Å². The van der Waals surface area contributed by atoms with Crippen molar-refractivity contribution in [1.29, 1.82) is 0 Å². The molecule has 3 rings (SSSR count). The summed E-state index contributed by atoms with van der Waals surface area (Å²) in [5, 5.41) is 0. The Kier molecular flexibility index (Phi) is 12.7. The van der Waals surface area contributed by atoms with Gasteiger partial charge in [0.25, 0.3) is 0 Å². The van der Waals surface area contributed by atoms with Gasteiger partial charge < -0.3 is 18.9 Å². The molecule has 0 saturated heterocycles. The Morgan fingerprint density at radius 2 is 1.31 bits per heavy atom. The maximum absolute atomic E-state index is 6.46. The molecule has 0 spiro atoms. The third-order valence-electron chi connectivity index (χ3n) is 7.59. The molecule has 0 fully saturated rings. The van der Waals surface area contributed by atoms with E-state index in [0.717, 1.165) is 25.9 Å². The Hall–Kier alpha value is -2.44. The van der Waals surface area contributed by atoms with Gasteiger partial charge in [0.15, 0.2) is 0 Å². The van der Waals surface area contributed by atoms with Crippen LogP contribution in [0, 0.1) is 5.92 Å². The molecule has 4 nitrogen and oxygen atoms in total. The lowest BCUT2D eigenvalue weighted by atomic mass is 9.37. The molecule has 0 aliphatic heterocycles. The zero-order valence-corrected chi connectivity index (χ0v) is 24.8. The Bertz CT molecular complexity index is 1020. The highest BCUT2D eigenvalue weighted by molar-refractivity contribution is 6.95. The molecule has 4 atom stereocenters. The van der Waals surface area contributed by atoms with Crippen LogP contribution < -0.4 is 16.4 Å². The van der Waals surface area contributed by atoms with Gasteiger partial charge >= 0.3 is 0 Å². The predicted molar refractivity (Wildman–Crippen MR) is 164 cm³/mol. The van der Waals surface area contributed by atoms with E-state index in [1.807, 2.05) is 0 Å². The van der Waals surface area contributed by atoms with Gasteiger partial charge in [0.05, 0.1) is 31.0 Å². The first-order chi connectivity index (χ1) is 18.9. The van der Waals surface area contributed by atoms with E-state index >= 15 is 0 Å². The van der Waals surface area contributed by atoms with E-state index < -0.39 is 0 Å². The van der Waals surface area contributed by atoms with E-state index in [4.69, 9.17) is 18.9 Å². The minimum atomic E-state index is -0.259. The van der Waals surface area contributed by atoms with E-state index in [1.165, 1.54) is 22.0 Å². The standard InChI is InChI=1S/C34H47BO4/c1-7-34(4,39-25-28(3)38-26-33(37-6)22-27(2)24-36-5)23-29-18-20-32(21-19-29)35(30-14-10-8-11-15-30)31-16-12-9-13-17-31/h8-21,27-28,33H,7,22-26H2,1-6H3. The molecule has 210 valence electrons. The summed E-state index contributed by atoms with van der Waals surface area (Å²) in [6.07, 6.45) is 2.74. The van der Waals surface area contributed by atoms with E-state index in [1.54, 1.807) is 14.2 Å². The quantitative estimate of drug-likeness (QED) is 0.230. The highest BCUT2D eigenvalue weighted by atomic mass is 16.6. The van der Waals surface area contributed by atoms with Crippen LogP contribution in [-0.2, 0) is 25.4 Å². The Morgan fingerprint density at radius 1 is 0.744 bits per heavy atom. The van der Waals surface area contributed by atoms with Crippen molar-refractivity contribution in [3.05, 3.63) is 90.5 Å². The summed E-state index contributed by atoms with van der Waals surface area (Å²) < 4.78 is 23.4. The lowest BCUT2D eigenvalue weighted by Crippen LogP contribution is -2.51. The van der Waals surface area contributed by atoms with Crippen molar-refractivity contribution < 1.29 is 18.9 Å². The molecule has 0 aliphatic rings. The molecule has 0 saturated carbocycles. The smallest absolute Gasteiger partial charge is 0.241 e. The summed E-state index contributed by atoms with van der Waals surface area (Å²) in [6.45, 7) is 10.7. The monoisotopic (exact) mass is 530 g/mol. The highest BCUT2D eigenvalue weighted by Crippen LogP contribution is 2.22. The molecule has 0 bridgehead atoms. The average molecular weight is 531 g/mol.